The third kappa shape index (κ3) is 2.54. The maximum atomic E-state index is 12.1. The summed E-state index contributed by atoms with van der Waals surface area (Å²) in [6.07, 6.45) is 2.22. The molecule has 1 fully saturated rings. The molecule has 1 aromatic rings. The molecular weight excluding hydrogens is 238 g/mol. The van der Waals surface area contributed by atoms with Gasteiger partial charge in [-0.1, -0.05) is 11.8 Å². The van der Waals surface area contributed by atoms with Crippen LogP contribution < -0.4 is 5.73 Å². The third-order valence-corrected chi connectivity index (χ3v) is 4.04. The summed E-state index contributed by atoms with van der Waals surface area (Å²) in [5.41, 5.74) is 5.60. The monoisotopic (exact) mass is 255 g/mol. The standard InChI is InChI=1S/C10H17N5OS/c1-7(8(16)15-5-3-4-6-15)17-10-13-12-9(11)14(10)2/h7H,3-6H2,1-2H3,(H2,11,12). The van der Waals surface area contributed by atoms with Crippen LogP contribution in [0.4, 0.5) is 5.95 Å². The number of nitrogens with two attached hydrogens (primary N) is 1. The van der Waals surface area contributed by atoms with Gasteiger partial charge in [0, 0.05) is 20.1 Å². The number of thioether (sulfide) groups is 1. The van der Waals surface area contributed by atoms with Crippen molar-refractivity contribution < 1.29 is 4.79 Å². The van der Waals surface area contributed by atoms with Crippen LogP contribution in [0.2, 0.25) is 0 Å². The van der Waals surface area contributed by atoms with Gasteiger partial charge in [-0.15, -0.1) is 10.2 Å². The molecule has 1 aliphatic rings. The summed E-state index contributed by atoms with van der Waals surface area (Å²) in [5, 5.41) is 8.26. The van der Waals surface area contributed by atoms with Crippen molar-refractivity contribution in [2.45, 2.75) is 30.2 Å². The Balaban J connectivity index is 1.98. The van der Waals surface area contributed by atoms with Crippen LogP contribution in [0, 0.1) is 0 Å². The van der Waals surface area contributed by atoms with Crippen molar-refractivity contribution in [3.8, 4) is 0 Å². The molecule has 1 amide bonds. The molecule has 2 rings (SSSR count). The highest BCUT2D eigenvalue weighted by Gasteiger charge is 2.25. The molecule has 0 aliphatic carbocycles. The average Bonchev–Trinajstić information content (AvgIpc) is 2.93. The highest BCUT2D eigenvalue weighted by atomic mass is 32.2. The zero-order chi connectivity index (χ0) is 12.4. The Labute approximate surface area is 105 Å². The Morgan fingerprint density at radius 1 is 1.41 bits per heavy atom. The van der Waals surface area contributed by atoms with Crippen LogP contribution in [0.5, 0.6) is 0 Å². The Hall–Kier alpha value is -1.24. The van der Waals surface area contributed by atoms with Crippen molar-refractivity contribution >= 4 is 23.6 Å². The van der Waals surface area contributed by atoms with E-state index < -0.39 is 0 Å². The number of carbonyl (C=O) groups is 1. The molecule has 7 heteroatoms. The molecule has 0 radical (unpaired) electrons. The van der Waals surface area contributed by atoms with E-state index in [1.807, 2.05) is 11.8 Å². The lowest BCUT2D eigenvalue weighted by atomic mass is 10.4. The molecule has 2 N–H and O–H groups in total. The van der Waals surface area contributed by atoms with Gasteiger partial charge in [0.25, 0.3) is 0 Å². The van der Waals surface area contributed by atoms with Gasteiger partial charge >= 0.3 is 0 Å². The van der Waals surface area contributed by atoms with Gasteiger partial charge in [-0.2, -0.15) is 0 Å². The van der Waals surface area contributed by atoms with Gasteiger partial charge in [-0.3, -0.25) is 9.36 Å². The zero-order valence-electron chi connectivity index (χ0n) is 10.1. The van der Waals surface area contributed by atoms with Gasteiger partial charge in [-0.05, 0) is 19.8 Å². The lowest BCUT2D eigenvalue weighted by molar-refractivity contribution is -0.129. The van der Waals surface area contributed by atoms with Crippen molar-refractivity contribution in [2.75, 3.05) is 18.8 Å². The van der Waals surface area contributed by atoms with E-state index in [0.29, 0.717) is 11.1 Å². The summed E-state index contributed by atoms with van der Waals surface area (Å²) >= 11 is 1.40. The number of carbonyl (C=O) groups excluding carboxylic acids is 1. The van der Waals surface area contributed by atoms with Gasteiger partial charge in [0.15, 0.2) is 5.16 Å². The number of likely N-dealkylation sites (tertiary alicyclic amines) is 1. The van der Waals surface area contributed by atoms with Gasteiger partial charge in [0.2, 0.25) is 11.9 Å². The van der Waals surface area contributed by atoms with Gasteiger partial charge in [-0.25, -0.2) is 0 Å². The fourth-order valence-electron chi connectivity index (χ4n) is 1.83. The lowest BCUT2D eigenvalue weighted by Crippen LogP contribution is -2.34. The minimum absolute atomic E-state index is 0.143. The summed E-state index contributed by atoms with van der Waals surface area (Å²) < 4.78 is 1.69. The molecule has 1 aromatic heterocycles. The second-order valence-electron chi connectivity index (χ2n) is 4.19. The highest BCUT2D eigenvalue weighted by molar-refractivity contribution is 8.00. The summed E-state index contributed by atoms with van der Waals surface area (Å²) in [4.78, 5) is 14.0. The van der Waals surface area contributed by atoms with Crippen LogP contribution in [-0.4, -0.2) is 43.9 Å². The first-order chi connectivity index (χ1) is 8.09. The summed E-state index contributed by atoms with van der Waals surface area (Å²) in [6.45, 7) is 3.66. The first kappa shape index (κ1) is 12.2. The van der Waals surface area contributed by atoms with E-state index in [1.54, 1.807) is 11.6 Å². The van der Waals surface area contributed by atoms with Gasteiger partial charge in [0.05, 0.1) is 5.25 Å². The molecular formula is C10H17N5OS. The summed E-state index contributed by atoms with van der Waals surface area (Å²) in [5.74, 6) is 0.544. The van der Waals surface area contributed by atoms with Crippen molar-refractivity contribution in [1.82, 2.24) is 19.7 Å². The number of aromatic nitrogens is 3. The fraction of sp³-hybridized carbons (Fsp3) is 0.700. The average molecular weight is 255 g/mol. The van der Waals surface area contributed by atoms with E-state index in [4.69, 9.17) is 5.73 Å². The van der Waals surface area contributed by atoms with Crippen LogP contribution in [0.25, 0.3) is 0 Å². The van der Waals surface area contributed by atoms with E-state index in [1.165, 1.54) is 11.8 Å². The molecule has 0 bridgehead atoms. The second kappa shape index (κ2) is 4.95. The van der Waals surface area contributed by atoms with Crippen LogP contribution in [0.15, 0.2) is 5.16 Å². The molecule has 17 heavy (non-hydrogen) atoms. The highest BCUT2D eigenvalue weighted by Crippen LogP contribution is 2.24. The molecule has 94 valence electrons. The molecule has 1 saturated heterocycles. The van der Waals surface area contributed by atoms with Crippen LogP contribution >= 0.6 is 11.8 Å². The van der Waals surface area contributed by atoms with Crippen molar-refractivity contribution in [3.05, 3.63) is 0 Å². The van der Waals surface area contributed by atoms with Crippen molar-refractivity contribution in [2.24, 2.45) is 7.05 Å². The second-order valence-corrected chi connectivity index (χ2v) is 5.50. The Morgan fingerprint density at radius 2 is 2.06 bits per heavy atom. The van der Waals surface area contributed by atoms with Gasteiger partial charge in [0.1, 0.15) is 0 Å². The van der Waals surface area contributed by atoms with Crippen molar-refractivity contribution in [3.63, 3.8) is 0 Å². The van der Waals surface area contributed by atoms with Crippen LogP contribution in [-0.2, 0) is 11.8 Å². The molecule has 0 spiro atoms. The number of nitrogen functional groups attached to an aromatic ring is 1. The molecule has 1 aliphatic heterocycles. The summed E-state index contributed by atoms with van der Waals surface area (Å²) in [7, 11) is 1.80. The maximum Gasteiger partial charge on any atom is 0.235 e. The maximum absolute atomic E-state index is 12.1. The molecule has 0 saturated carbocycles. The third-order valence-electron chi connectivity index (χ3n) is 2.92. The lowest BCUT2D eigenvalue weighted by Gasteiger charge is -2.19. The fourth-order valence-corrected chi connectivity index (χ4v) is 2.74. The molecule has 1 unspecified atom stereocenters. The summed E-state index contributed by atoms with van der Waals surface area (Å²) in [6, 6.07) is 0. The van der Waals surface area contributed by atoms with Gasteiger partial charge < -0.3 is 10.6 Å². The number of amides is 1. The quantitative estimate of drug-likeness (QED) is 0.796. The SMILES string of the molecule is CC(Sc1nnc(N)n1C)C(=O)N1CCCC1. The molecule has 1 atom stereocenters. The van der Waals surface area contributed by atoms with E-state index >= 15 is 0 Å². The Kier molecular flexibility index (Phi) is 3.56. The Morgan fingerprint density at radius 3 is 2.59 bits per heavy atom. The normalized spacial score (nSPS) is 17.4. The van der Waals surface area contributed by atoms with E-state index in [2.05, 4.69) is 10.2 Å². The van der Waals surface area contributed by atoms with Crippen LogP contribution in [0.3, 0.4) is 0 Å². The first-order valence-electron chi connectivity index (χ1n) is 5.70. The molecule has 2 heterocycles. The van der Waals surface area contributed by atoms with E-state index in [9.17, 15) is 4.79 Å². The Bertz CT molecular complexity index is 413. The molecule has 6 nitrogen and oxygen atoms in total. The predicted molar refractivity (Wildman–Crippen MR) is 66.5 cm³/mol. The smallest absolute Gasteiger partial charge is 0.235 e. The molecule has 0 aromatic carbocycles. The number of hydrogen-bond donors (Lipinski definition) is 1. The predicted octanol–water partition coefficient (Wildman–Crippen LogP) is 0.500. The topological polar surface area (TPSA) is 77.0 Å². The van der Waals surface area contributed by atoms with Crippen molar-refractivity contribution in [1.29, 1.82) is 0 Å². The number of nitrogens with zero attached hydrogens (tertiary/aromatic N) is 4. The van der Waals surface area contributed by atoms with Crippen LogP contribution in [0.1, 0.15) is 19.8 Å². The first-order valence-corrected chi connectivity index (χ1v) is 6.58. The number of rotatable bonds is 3. The minimum Gasteiger partial charge on any atom is -0.368 e. The number of anilines is 1. The minimum atomic E-state index is -0.143. The zero-order valence-corrected chi connectivity index (χ0v) is 10.9. The van der Waals surface area contributed by atoms with E-state index in [0.717, 1.165) is 25.9 Å². The van der Waals surface area contributed by atoms with E-state index in [-0.39, 0.29) is 11.2 Å². The largest absolute Gasteiger partial charge is 0.368 e. The number of hydrogen-bond acceptors (Lipinski definition) is 5.